The van der Waals surface area contributed by atoms with Crippen molar-refractivity contribution in [2.24, 2.45) is 0 Å². The molecular weight excluding hydrogens is 340 g/mol. The second-order valence-electron chi connectivity index (χ2n) is 5.47. The van der Waals surface area contributed by atoms with E-state index in [0.717, 1.165) is 12.1 Å². The second kappa shape index (κ2) is 8.06. The zero-order valence-electron chi connectivity index (χ0n) is 14.0. The van der Waals surface area contributed by atoms with Crippen LogP contribution in [0.2, 0.25) is 0 Å². The highest BCUT2D eigenvalue weighted by Gasteiger charge is 2.18. The zero-order valence-corrected chi connectivity index (χ0v) is 14.0. The van der Waals surface area contributed by atoms with E-state index in [1.807, 2.05) is 0 Å². The summed E-state index contributed by atoms with van der Waals surface area (Å²) in [6, 6.07) is 7.60. The summed E-state index contributed by atoms with van der Waals surface area (Å²) in [6.45, 7) is 4.97. The van der Waals surface area contributed by atoms with E-state index < -0.39 is 23.6 Å². The van der Waals surface area contributed by atoms with Crippen LogP contribution in [0.25, 0.3) is 0 Å². The molecule has 0 saturated heterocycles. The number of phenolic OH excluding ortho intramolecular Hbond substituents is 3. The lowest BCUT2D eigenvalue weighted by Gasteiger charge is -2.14. The van der Waals surface area contributed by atoms with E-state index in [2.05, 4.69) is 6.58 Å². The fourth-order valence-corrected chi connectivity index (χ4v) is 2.14. The Morgan fingerprint density at radius 2 is 1.69 bits per heavy atom. The number of carbonyl (C=O) groups is 2. The molecule has 0 aromatic heterocycles. The largest absolute Gasteiger partial charge is 0.508 e. The quantitative estimate of drug-likeness (QED) is 0.396. The van der Waals surface area contributed by atoms with Crippen LogP contribution in [0.1, 0.15) is 22.8 Å². The van der Waals surface area contributed by atoms with Gasteiger partial charge in [0.1, 0.15) is 35.7 Å². The van der Waals surface area contributed by atoms with Crippen molar-refractivity contribution in [3.05, 3.63) is 60.2 Å². The van der Waals surface area contributed by atoms with Gasteiger partial charge in [-0.25, -0.2) is 4.79 Å². The molecule has 2 rings (SSSR count). The van der Waals surface area contributed by atoms with E-state index >= 15 is 0 Å². The first-order valence-electron chi connectivity index (χ1n) is 7.67. The average molecular weight is 358 g/mol. The molecule has 0 fully saturated rings. The maximum atomic E-state index is 12.4. The predicted octanol–water partition coefficient (Wildman–Crippen LogP) is 2.53. The third kappa shape index (κ3) is 4.54. The number of ether oxygens (including phenoxy) is 2. The second-order valence-corrected chi connectivity index (χ2v) is 5.47. The van der Waals surface area contributed by atoms with Crippen molar-refractivity contribution in [2.45, 2.75) is 13.0 Å². The van der Waals surface area contributed by atoms with Gasteiger partial charge in [-0.05, 0) is 31.2 Å². The Morgan fingerprint density at radius 3 is 2.27 bits per heavy atom. The van der Waals surface area contributed by atoms with Crippen LogP contribution in [-0.2, 0) is 9.53 Å². The molecule has 0 aliphatic heterocycles. The van der Waals surface area contributed by atoms with Crippen molar-refractivity contribution in [1.82, 2.24) is 0 Å². The van der Waals surface area contributed by atoms with Crippen LogP contribution in [0.15, 0.2) is 49.1 Å². The van der Waals surface area contributed by atoms with Gasteiger partial charge in [-0.15, -0.1) is 0 Å². The summed E-state index contributed by atoms with van der Waals surface area (Å²) < 4.78 is 10.4. The minimum Gasteiger partial charge on any atom is -0.508 e. The molecule has 3 N–H and O–H groups in total. The molecular formula is C19H18O7. The maximum absolute atomic E-state index is 12.4. The predicted molar refractivity (Wildman–Crippen MR) is 92.6 cm³/mol. The van der Waals surface area contributed by atoms with E-state index in [1.54, 1.807) is 6.92 Å². The number of ketones is 1. The molecule has 0 amide bonds. The standard InChI is InChI=1S/C19H18O7/c1-3-18(23)26-11(2)10-25-13-5-7-15(17(22)9-13)19(24)14-6-4-12(20)8-16(14)21/h3-9,11,20-22H,1,10H2,2H3. The van der Waals surface area contributed by atoms with E-state index in [-0.39, 0.29) is 35.0 Å². The number of aromatic hydroxyl groups is 3. The Hall–Kier alpha value is -3.48. The lowest BCUT2D eigenvalue weighted by atomic mass is 10.0. The van der Waals surface area contributed by atoms with Crippen molar-refractivity contribution in [2.75, 3.05) is 6.61 Å². The fraction of sp³-hybridized carbons (Fsp3) is 0.158. The summed E-state index contributed by atoms with van der Waals surface area (Å²) in [6.07, 6.45) is 0.513. The molecule has 7 heteroatoms. The topological polar surface area (TPSA) is 113 Å². The molecule has 0 heterocycles. The first-order valence-corrected chi connectivity index (χ1v) is 7.67. The van der Waals surface area contributed by atoms with Crippen LogP contribution in [0.4, 0.5) is 0 Å². The molecule has 0 aliphatic carbocycles. The molecule has 26 heavy (non-hydrogen) atoms. The van der Waals surface area contributed by atoms with Crippen LogP contribution in [-0.4, -0.2) is 39.8 Å². The number of carbonyl (C=O) groups excluding carboxylic acids is 2. The van der Waals surface area contributed by atoms with Gasteiger partial charge in [0.2, 0.25) is 0 Å². The van der Waals surface area contributed by atoms with E-state index in [4.69, 9.17) is 9.47 Å². The SMILES string of the molecule is C=CC(=O)OC(C)COc1ccc(C(=O)c2ccc(O)cc2O)c(O)c1. The van der Waals surface area contributed by atoms with Gasteiger partial charge >= 0.3 is 5.97 Å². The lowest BCUT2D eigenvalue weighted by molar-refractivity contribution is -0.143. The van der Waals surface area contributed by atoms with Crippen molar-refractivity contribution < 1.29 is 34.4 Å². The van der Waals surface area contributed by atoms with Crippen LogP contribution < -0.4 is 4.74 Å². The Balaban J connectivity index is 2.10. The van der Waals surface area contributed by atoms with Gasteiger partial charge in [0, 0.05) is 18.2 Å². The Labute approximate surface area is 149 Å². The van der Waals surface area contributed by atoms with Gasteiger partial charge in [-0.2, -0.15) is 0 Å². The normalized spacial score (nSPS) is 11.4. The van der Waals surface area contributed by atoms with E-state index in [0.29, 0.717) is 0 Å². The summed E-state index contributed by atoms with van der Waals surface area (Å²) in [5.74, 6) is -1.82. The van der Waals surface area contributed by atoms with Crippen molar-refractivity contribution in [3.63, 3.8) is 0 Å². The van der Waals surface area contributed by atoms with Gasteiger partial charge < -0.3 is 24.8 Å². The summed E-state index contributed by atoms with van der Waals surface area (Å²) >= 11 is 0. The first kappa shape index (κ1) is 18.9. The van der Waals surface area contributed by atoms with E-state index in [9.17, 15) is 24.9 Å². The Bertz CT molecular complexity index is 842. The Morgan fingerprint density at radius 1 is 1.08 bits per heavy atom. The minimum absolute atomic E-state index is 0.0375. The molecule has 2 aromatic carbocycles. The molecule has 2 aromatic rings. The van der Waals surface area contributed by atoms with Crippen molar-refractivity contribution >= 4 is 11.8 Å². The fourth-order valence-electron chi connectivity index (χ4n) is 2.14. The molecule has 1 atom stereocenters. The minimum atomic E-state index is -0.611. The number of benzene rings is 2. The summed E-state index contributed by atoms with van der Waals surface area (Å²) in [4.78, 5) is 23.5. The molecule has 0 spiro atoms. The lowest BCUT2D eigenvalue weighted by Crippen LogP contribution is -2.20. The summed E-state index contributed by atoms with van der Waals surface area (Å²) in [5.41, 5.74) is -0.0961. The van der Waals surface area contributed by atoms with Crippen LogP contribution in [0.5, 0.6) is 23.0 Å². The van der Waals surface area contributed by atoms with Crippen LogP contribution in [0.3, 0.4) is 0 Å². The van der Waals surface area contributed by atoms with Gasteiger partial charge in [0.15, 0.2) is 5.78 Å². The maximum Gasteiger partial charge on any atom is 0.330 e. The zero-order chi connectivity index (χ0) is 19.3. The molecule has 1 unspecified atom stereocenters. The van der Waals surface area contributed by atoms with Gasteiger partial charge in [0.25, 0.3) is 0 Å². The highest BCUT2D eigenvalue weighted by atomic mass is 16.6. The number of rotatable bonds is 7. The summed E-state index contributed by atoms with van der Waals surface area (Å²) in [7, 11) is 0. The molecule has 0 aliphatic rings. The molecule has 0 bridgehead atoms. The molecule has 0 saturated carbocycles. The molecule has 7 nitrogen and oxygen atoms in total. The highest BCUT2D eigenvalue weighted by molar-refractivity contribution is 6.12. The highest BCUT2D eigenvalue weighted by Crippen LogP contribution is 2.30. The van der Waals surface area contributed by atoms with Crippen molar-refractivity contribution in [1.29, 1.82) is 0 Å². The van der Waals surface area contributed by atoms with Gasteiger partial charge in [-0.1, -0.05) is 6.58 Å². The number of hydrogen-bond donors (Lipinski definition) is 3. The van der Waals surface area contributed by atoms with Crippen LogP contribution >= 0.6 is 0 Å². The number of phenols is 3. The van der Waals surface area contributed by atoms with Crippen LogP contribution in [0, 0.1) is 0 Å². The first-order chi connectivity index (χ1) is 12.3. The van der Waals surface area contributed by atoms with Gasteiger partial charge in [0.05, 0.1) is 11.1 Å². The molecule has 136 valence electrons. The number of hydrogen-bond acceptors (Lipinski definition) is 7. The Kier molecular flexibility index (Phi) is 5.85. The monoisotopic (exact) mass is 358 g/mol. The number of esters is 1. The average Bonchev–Trinajstić information content (AvgIpc) is 2.59. The van der Waals surface area contributed by atoms with Gasteiger partial charge in [-0.3, -0.25) is 4.79 Å². The van der Waals surface area contributed by atoms with Crippen molar-refractivity contribution in [3.8, 4) is 23.0 Å². The third-order valence-corrected chi connectivity index (χ3v) is 3.41. The summed E-state index contributed by atoms with van der Waals surface area (Å²) in [5, 5.41) is 29.1. The smallest absolute Gasteiger partial charge is 0.330 e. The molecule has 0 radical (unpaired) electrons. The third-order valence-electron chi connectivity index (χ3n) is 3.41. The van der Waals surface area contributed by atoms with E-state index in [1.165, 1.54) is 30.3 Å².